The molecule has 0 amide bonds. The smallest absolute Gasteiger partial charge is 0.124 e. The van der Waals surface area contributed by atoms with E-state index in [-0.39, 0.29) is 0 Å². The van der Waals surface area contributed by atoms with Gasteiger partial charge in [-0.2, -0.15) is 0 Å². The van der Waals surface area contributed by atoms with Gasteiger partial charge in [-0.3, -0.25) is 0 Å². The molecule has 0 aliphatic heterocycles. The summed E-state index contributed by atoms with van der Waals surface area (Å²) < 4.78 is 0. The predicted molar refractivity (Wildman–Crippen MR) is 76.5 cm³/mol. The van der Waals surface area contributed by atoms with Gasteiger partial charge in [-0.1, -0.05) is 50.9 Å². The van der Waals surface area contributed by atoms with Crippen molar-refractivity contribution in [2.75, 3.05) is 5.73 Å². The van der Waals surface area contributed by atoms with Gasteiger partial charge in [-0.05, 0) is 18.6 Å². The third-order valence-electron chi connectivity index (χ3n) is 2.41. The third-order valence-corrected chi connectivity index (χ3v) is 2.74. The van der Waals surface area contributed by atoms with Gasteiger partial charge in [-0.15, -0.1) is 0 Å². The molecule has 1 heterocycles. The van der Waals surface area contributed by atoms with E-state index in [0.29, 0.717) is 5.82 Å². The lowest BCUT2D eigenvalue weighted by atomic mass is 10.1. The van der Waals surface area contributed by atoms with Crippen molar-refractivity contribution in [1.29, 1.82) is 0 Å². The number of benzene rings is 1. The van der Waals surface area contributed by atoms with Crippen LogP contribution in [0.4, 0.5) is 5.82 Å². The highest BCUT2D eigenvalue weighted by Gasteiger charge is 2.06. The lowest BCUT2D eigenvalue weighted by Gasteiger charge is -2.07. The van der Waals surface area contributed by atoms with E-state index < -0.39 is 0 Å². The number of hydrogen-bond donors (Lipinski definition) is 1. The maximum atomic E-state index is 6.12. The minimum absolute atomic E-state index is 0.541. The summed E-state index contributed by atoms with van der Waals surface area (Å²) in [5.74, 6) is 0.541. The molecule has 2 N–H and O–H groups in total. The zero-order valence-electron chi connectivity index (χ0n) is 10.6. The Balaban J connectivity index is 0.000000686. The van der Waals surface area contributed by atoms with Gasteiger partial charge in [0, 0.05) is 15.8 Å². The summed E-state index contributed by atoms with van der Waals surface area (Å²) >= 11 is 6.12. The van der Waals surface area contributed by atoms with Gasteiger partial charge >= 0.3 is 0 Å². The molecule has 0 unspecified atom stereocenters. The Morgan fingerprint density at radius 2 is 1.94 bits per heavy atom. The van der Waals surface area contributed by atoms with Crippen molar-refractivity contribution in [3.05, 3.63) is 35.0 Å². The molecule has 92 valence electrons. The van der Waals surface area contributed by atoms with Crippen LogP contribution < -0.4 is 5.73 Å². The number of nitrogens with two attached hydrogens (primary N) is 1. The van der Waals surface area contributed by atoms with E-state index in [4.69, 9.17) is 17.3 Å². The standard InChI is InChI=1S/C12H13ClN2.C2H6/c1-2-4-11-8-5-3-6-10(13)9(8)7-12(14)15-11;1-2/h3,5-7H,2,4H2,1H3,(H2,14,15);1-2H3. The van der Waals surface area contributed by atoms with Crippen LogP contribution >= 0.6 is 11.6 Å². The average molecular weight is 251 g/mol. The van der Waals surface area contributed by atoms with Gasteiger partial charge in [0.05, 0.1) is 5.69 Å². The molecule has 0 spiro atoms. The Hall–Kier alpha value is -1.28. The van der Waals surface area contributed by atoms with E-state index in [1.807, 2.05) is 38.1 Å². The molecule has 0 aliphatic rings. The van der Waals surface area contributed by atoms with Crippen LogP contribution in [0.15, 0.2) is 24.3 Å². The van der Waals surface area contributed by atoms with Gasteiger partial charge in [0.15, 0.2) is 0 Å². The van der Waals surface area contributed by atoms with Crippen molar-refractivity contribution in [2.45, 2.75) is 33.6 Å². The Kier molecular flexibility index (Phi) is 5.23. The number of rotatable bonds is 2. The Morgan fingerprint density at radius 1 is 1.24 bits per heavy atom. The van der Waals surface area contributed by atoms with E-state index in [2.05, 4.69) is 11.9 Å². The molecule has 1 aromatic heterocycles. The number of nitrogen functional groups attached to an aromatic ring is 1. The van der Waals surface area contributed by atoms with Gasteiger partial charge in [0.25, 0.3) is 0 Å². The van der Waals surface area contributed by atoms with E-state index >= 15 is 0 Å². The zero-order valence-corrected chi connectivity index (χ0v) is 11.4. The van der Waals surface area contributed by atoms with Crippen molar-refractivity contribution < 1.29 is 0 Å². The number of halogens is 1. The summed E-state index contributed by atoms with van der Waals surface area (Å²) in [5, 5.41) is 2.84. The number of aromatic nitrogens is 1. The van der Waals surface area contributed by atoms with E-state index in [1.54, 1.807) is 0 Å². The van der Waals surface area contributed by atoms with Crippen LogP contribution in [0, 0.1) is 0 Å². The van der Waals surface area contributed by atoms with Crippen LogP contribution in [0.2, 0.25) is 5.02 Å². The van der Waals surface area contributed by atoms with E-state index in [1.165, 1.54) is 0 Å². The van der Waals surface area contributed by atoms with E-state index in [9.17, 15) is 0 Å². The topological polar surface area (TPSA) is 38.9 Å². The van der Waals surface area contributed by atoms with Gasteiger partial charge in [-0.25, -0.2) is 4.98 Å². The second kappa shape index (κ2) is 6.45. The summed E-state index contributed by atoms with van der Waals surface area (Å²) in [7, 11) is 0. The van der Waals surface area contributed by atoms with Crippen LogP contribution in [0.25, 0.3) is 10.8 Å². The molecule has 0 atom stereocenters. The molecule has 2 nitrogen and oxygen atoms in total. The van der Waals surface area contributed by atoms with Crippen molar-refractivity contribution in [1.82, 2.24) is 4.98 Å². The molecule has 2 rings (SSSR count). The zero-order chi connectivity index (χ0) is 12.8. The van der Waals surface area contributed by atoms with E-state index in [0.717, 1.165) is 34.3 Å². The summed E-state index contributed by atoms with van der Waals surface area (Å²) in [6.45, 7) is 6.13. The number of pyridine rings is 1. The summed E-state index contributed by atoms with van der Waals surface area (Å²) in [6.07, 6.45) is 1.99. The number of anilines is 1. The fraction of sp³-hybridized carbons (Fsp3) is 0.357. The molecule has 1 aromatic carbocycles. The number of fused-ring (bicyclic) bond motifs is 1. The molecule has 3 heteroatoms. The lowest BCUT2D eigenvalue weighted by molar-refractivity contribution is 0.895. The fourth-order valence-corrected chi connectivity index (χ4v) is 1.99. The molecule has 2 aromatic rings. The normalized spacial score (nSPS) is 9.88. The first-order valence-corrected chi connectivity index (χ1v) is 6.43. The van der Waals surface area contributed by atoms with Crippen molar-refractivity contribution in [3.8, 4) is 0 Å². The fourth-order valence-electron chi connectivity index (χ4n) is 1.76. The first-order chi connectivity index (χ1) is 8.22. The molecule has 0 saturated heterocycles. The van der Waals surface area contributed by atoms with Gasteiger partial charge in [0.2, 0.25) is 0 Å². The number of aryl methyl sites for hydroxylation is 1. The van der Waals surface area contributed by atoms with Crippen LogP contribution in [0.1, 0.15) is 32.9 Å². The molecule has 0 bridgehead atoms. The van der Waals surface area contributed by atoms with Crippen molar-refractivity contribution in [3.63, 3.8) is 0 Å². The largest absolute Gasteiger partial charge is 0.384 e. The molecule has 0 fully saturated rings. The second-order valence-corrected chi connectivity index (χ2v) is 3.99. The second-order valence-electron chi connectivity index (χ2n) is 3.58. The maximum Gasteiger partial charge on any atom is 0.124 e. The Morgan fingerprint density at radius 3 is 2.59 bits per heavy atom. The van der Waals surface area contributed by atoms with Crippen LogP contribution in [-0.2, 0) is 6.42 Å². The number of hydrogen-bond acceptors (Lipinski definition) is 2. The highest BCUT2D eigenvalue weighted by atomic mass is 35.5. The molecular weight excluding hydrogens is 232 g/mol. The molecule has 17 heavy (non-hydrogen) atoms. The Labute approximate surface area is 108 Å². The summed E-state index contributed by atoms with van der Waals surface area (Å²) in [6, 6.07) is 7.69. The molecular formula is C14H19ClN2. The minimum atomic E-state index is 0.541. The predicted octanol–water partition coefficient (Wildman–Crippen LogP) is 4.45. The Bertz CT molecular complexity index is 495. The highest BCUT2D eigenvalue weighted by molar-refractivity contribution is 6.35. The van der Waals surface area contributed by atoms with Crippen molar-refractivity contribution in [2.24, 2.45) is 0 Å². The highest BCUT2D eigenvalue weighted by Crippen LogP contribution is 2.27. The van der Waals surface area contributed by atoms with Gasteiger partial charge in [0.1, 0.15) is 5.82 Å². The maximum absolute atomic E-state index is 6.12. The number of nitrogens with zero attached hydrogens (tertiary/aromatic N) is 1. The lowest BCUT2D eigenvalue weighted by Crippen LogP contribution is -1.97. The molecule has 0 radical (unpaired) electrons. The SMILES string of the molecule is CC.CCCc1nc(N)cc2c(Cl)cccc12. The molecule has 0 saturated carbocycles. The van der Waals surface area contributed by atoms with Crippen molar-refractivity contribution >= 4 is 28.2 Å². The van der Waals surface area contributed by atoms with Crippen LogP contribution in [-0.4, -0.2) is 4.98 Å². The quantitative estimate of drug-likeness (QED) is 0.855. The first kappa shape index (κ1) is 13.8. The first-order valence-electron chi connectivity index (χ1n) is 6.06. The molecule has 0 aliphatic carbocycles. The summed E-state index contributed by atoms with van der Waals surface area (Å²) in [5.41, 5.74) is 6.79. The average Bonchev–Trinajstić information content (AvgIpc) is 2.33. The van der Waals surface area contributed by atoms with Crippen LogP contribution in [0.3, 0.4) is 0 Å². The van der Waals surface area contributed by atoms with Gasteiger partial charge < -0.3 is 5.73 Å². The minimum Gasteiger partial charge on any atom is -0.384 e. The monoisotopic (exact) mass is 250 g/mol. The summed E-state index contributed by atoms with van der Waals surface area (Å²) in [4.78, 5) is 4.35. The third kappa shape index (κ3) is 3.10. The van der Waals surface area contributed by atoms with Crippen LogP contribution in [0.5, 0.6) is 0 Å².